The summed E-state index contributed by atoms with van der Waals surface area (Å²) in [5.41, 5.74) is 6.40. The van der Waals surface area contributed by atoms with Crippen molar-refractivity contribution < 1.29 is 14.3 Å². The van der Waals surface area contributed by atoms with E-state index in [9.17, 15) is 4.79 Å². The number of ether oxygens (including phenoxy) is 2. The van der Waals surface area contributed by atoms with Gasteiger partial charge < -0.3 is 20.5 Å². The highest BCUT2D eigenvalue weighted by Gasteiger charge is 2.25. The van der Waals surface area contributed by atoms with Crippen molar-refractivity contribution in [3.05, 3.63) is 23.8 Å². The smallest absolute Gasteiger partial charge is 0.251 e. The summed E-state index contributed by atoms with van der Waals surface area (Å²) in [7, 11) is 1.57. The highest BCUT2D eigenvalue weighted by molar-refractivity contribution is 5.95. The van der Waals surface area contributed by atoms with Crippen LogP contribution in [0.1, 0.15) is 43.0 Å². The van der Waals surface area contributed by atoms with Crippen LogP contribution < -0.4 is 20.5 Å². The SMILES string of the molecule is CCOc1ccc(C(=O)NC2CCCCC2CN)cc1OC. The van der Waals surface area contributed by atoms with Gasteiger partial charge in [0, 0.05) is 11.6 Å². The fourth-order valence-electron chi connectivity index (χ4n) is 3.02. The van der Waals surface area contributed by atoms with Crippen LogP contribution in [0, 0.1) is 5.92 Å². The first-order chi connectivity index (χ1) is 10.7. The summed E-state index contributed by atoms with van der Waals surface area (Å²) < 4.78 is 10.8. The highest BCUT2D eigenvalue weighted by Crippen LogP contribution is 2.29. The first-order valence-electron chi connectivity index (χ1n) is 8.01. The summed E-state index contributed by atoms with van der Waals surface area (Å²) in [5.74, 6) is 1.53. The standard InChI is InChI=1S/C17H26N2O3/c1-3-22-15-9-8-12(10-16(15)21-2)17(20)19-14-7-5-4-6-13(14)11-18/h8-10,13-14H,3-7,11,18H2,1-2H3,(H,19,20). The predicted octanol–water partition coefficient (Wildman–Crippen LogP) is 2.34. The van der Waals surface area contributed by atoms with Crippen LogP contribution in [0.3, 0.4) is 0 Å². The molecule has 1 aromatic rings. The Morgan fingerprint density at radius 2 is 2.09 bits per heavy atom. The highest BCUT2D eigenvalue weighted by atomic mass is 16.5. The second-order valence-electron chi connectivity index (χ2n) is 5.66. The largest absolute Gasteiger partial charge is 0.493 e. The number of hydrogen-bond acceptors (Lipinski definition) is 4. The Balaban J connectivity index is 2.08. The third-order valence-electron chi connectivity index (χ3n) is 4.25. The number of carbonyl (C=O) groups is 1. The van der Waals surface area contributed by atoms with Crippen LogP contribution >= 0.6 is 0 Å². The van der Waals surface area contributed by atoms with Crippen molar-refractivity contribution in [3.8, 4) is 11.5 Å². The summed E-state index contributed by atoms with van der Waals surface area (Å²) in [5, 5.41) is 3.12. The van der Waals surface area contributed by atoms with Gasteiger partial charge in [0.15, 0.2) is 11.5 Å². The van der Waals surface area contributed by atoms with Crippen LogP contribution in [-0.4, -0.2) is 32.2 Å². The van der Waals surface area contributed by atoms with Gasteiger partial charge in [0.25, 0.3) is 5.91 Å². The fourth-order valence-corrected chi connectivity index (χ4v) is 3.02. The van der Waals surface area contributed by atoms with Crippen molar-refractivity contribution in [1.82, 2.24) is 5.32 Å². The lowest BCUT2D eigenvalue weighted by molar-refractivity contribution is 0.0907. The van der Waals surface area contributed by atoms with E-state index < -0.39 is 0 Å². The molecule has 5 nitrogen and oxygen atoms in total. The minimum absolute atomic E-state index is 0.0771. The molecule has 2 atom stereocenters. The number of nitrogens with two attached hydrogens (primary N) is 1. The Labute approximate surface area is 132 Å². The molecule has 0 heterocycles. The monoisotopic (exact) mass is 306 g/mol. The Morgan fingerprint density at radius 3 is 2.77 bits per heavy atom. The number of benzene rings is 1. The number of rotatable bonds is 6. The van der Waals surface area contributed by atoms with Gasteiger partial charge in [-0.2, -0.15) is 0 Å². The van der Waals surface area contributed by atoms with Crippen LogP contribution in [0.5, 0.6) is 11.5 Å². The topological polar surface area (TPSA) is 73.6 Å². The van der Waals surface area contributed by atoms with Gasteiger partial charge in [-0.3, -0.25) is 4.79 Å². The van der Waals surface area contributed by atoms with Crippen molar-refractivity contribution in [1.29, 1.82) is 0 Å². The molecular formula is C17H26N2O3. The van der Waals surface area contributed by atoms with E-state index in [1.165, 1.54) is 6.42 Å². The zero-order valence-electron chi connectivity index (χ0n) is 13.4. The molecule has 0 radical (unpaired) electrons. The van der Waals surface area contributed by atoms with Crippen LogP contribution in [0.4, 0.5) is 0 Å². The quantitative estimate of drug-likeness (QED) is 0.846. The molecule has 2 unspecified atom stereocenters. The van der Waals surface area contributed by atoms with Gasteiger partial charge in [-0.25, -0.2) is 0 Å². The van der Waals surface area contributed by atoms with Gasteiger partial charge in [-0.05, 0) is 50.4 Å². The van der Waals surface area contributed by atoms with Crippen molar-refractivity contribution >= 4 is 5.91 Å². The molecule has 0 aliphatic heterocycles. The molecule has 122 valence electrons. The van der Waals surface area contributed by atoms with E-state index in [1.807, 2.05) is 6.92 Å². The Kier molecular flexibility index (Phi) is 6.07. The van der Waals surface area contributed by atoms with E-state index in [0.717, 1.165) is 19.3 Å². The van der Waals surface area contributed by atoms with Crippen molar-refractivity contribution in [2.24, 2.45) is 11.7 Å². The summed E-state index contributed by atoms with van der Waals surface area (Å²) >= 11 is 0. The van der Waals surface area contributed by atoms with E-state index >= 15 is 0 Å². The molecule has 1 amide bonds. The molecule has 0 saturated heterocycles. The van der Waals surface area contributed by atoms with Gasteiger partial charge in [-0.1, -0.05) is 12.8 Å². The van der Waals surface area contributed by atoms with E-state index in [2.05, 4.69) is 5.32 Å². The molecule has 1 aromatic carbocycles. The van der Waals surface area contributed by atoms with Crippen molar-refractivity contribution in [2.75, 3.05) is 20.3 Å². The molecule has 0 aromatic heterocycles. The Bertz CT molecular complexity index is 505. The van der Waals surface area contributed by atoms with Crippen LogP contribution in [-0.2, 0) is 0 Å². The zero-order chi connectivity index (χ0) is 15.9. The average molecular weight is 306 g/mol. The van der Waals surface area contributed by atoms with Crippen molar-refractivity contribution in [3.63, 3.8) is 0 Å². The molecule has 0 bridgehead atoms. The fraction of sp³-hybridized carbons (Fsp3) is 0.588. The molecule has 1 fully saturated rings. The van der Waals surface area contributed by atoms with Gasteiger partial charge in [-0.15, -0.1) is 0 Å². The van der Waals surface area contributed by atoms with Crippen LogP contribution in [0.25, 0.3) is 0 Å². The minimum atomic E-state index is -0.0771. The van der Waals surface area contributed by atoms with Crippen molar-refractivity contribution in [2.45, 2.75) is 38.6 Å². The van der Waals surface area contributed by atoms with Gasteiger partial charge in [0.2, 0.25) is 0 Å². The predicted molar refractivity (Wildman–Crippen MR) is 86.4 cm³/mol. The summed E-state index contributed by atoms with van der Waals surface area (Å²) in [6, 6.07) is 5.44. The molecule has 1 aliphatic rings. The number of amides is 1. The van der Waals surface area contributed by atoms with Gasteiger partial charge >= 0.3 is 0 Å². The zero-order valence-corrected chi connectivity index (χ0v) is 13.4. The van der Waals surface area contributed by atoms with E-state index in [1.54, 1.807) is 25.3 Å². The van der Waals surface area contributed by atoms with Gasteiger partial charge in [0.05, 0.1) is 13.7 Å². The van der Waals surface area contributed by atoms with E-state index in [4.69, 9.17) is 15.2 Å². The van der Waals surface area contributed by atoms with Crippen LogP contribution in [0.15, 0.2) is 18.2 Å². The lowest BCUT2D eigenvalue weighted by atomic mass is 9.84. The van der Waals surface area contributed by atoms with Gasteiger partial charge in [0.1, 0.15) is 0 Å². The van der Waals surface area contributed by atoms with E-state index in [-0.39, 0.29) is 11.9 Å². The Hall–Kier alpha value is -1.75. The molecule has 3 N–H and O–H groups in total. The Morgan fingerprint density at radius 1 is 1.32 bits per heavy atom. The summed E-state index contributed by atoms with van der Waals surface area (Å²) in [6.07, 6.45) is 4.44. The van der Waals surface area contributed by atoms with E-state index in [0.29, 0.717) is 36.1 Å². The number of carbonyl (C=O) groups excluding carboxylic acids is 1. The number of nitrogens with one attached hydrogen (secondary N) is 1. The molecule has 2 rings (SSSR count). The molecular weight excluding hydrogens is 280 g/mol. The number of methoxy groups -OCH3 is 1. The molecule has 22 heavy (non-hydrogen) atoms. The first-order valence-corrected chi connectivity index (χ1v) is 8.01. The third-order valence-corrected chi connectivity index (χ3v) is 4.25. The maximum Gasteiger partial charge on any atom is 0.251 e. The molecule has 5 heteroatoms. The number of hydrogen-bond donors (Lipinski definition) is 2. The first kappa shape index (κ1) is 16.6. The molecule has 1 aliphatic carbocycles. The maximum absolute atomic E-state index is 12.5. The molecule has 1 saturated carbocycles. The lowest BCUT2D eigenvalue weighted by Gasteiger charge is -2.31. The summed E-state index contributed by atoms with van der Waals surface area (Å²) in [6.45, 7) is 3.09. The summed E-state index contributed by atoms with van der Waals surface area (Å²) in [4.78, 5) is 12.5. The normalized spacial score (nSPS) is 21.2. The molecule has 0 spiro atoms. The average Bonchev–Trinajstić information content (AvgIpc) is 2.56. The lowest BCUT2D eigenvalue weighted by Crippen LogP contribution is -2.44. The second-order valence-corrected chi connectivity index (χ2v) is 5.66. The second kappa shape index (κ2) is 8.03. The maximum atomic E-state index is 12.5. The third kappa shape index (κ3) is 3.91. The minimum Gasteiger partial charge on any atom is -0.493 e. The van der Waals surface area contributed by atoms with Crippen LogP contribution in [0.2, 0.25) is 0 Å².